The highest BCUT2D eigenvalue weighted by atomic mass is 35.5. The van der Waals surface area contributed by atoms with Gasteiger partial charge < -0.3 is 10.5 Å². The number of halogens is 1. The van der Waals surface area contributed by atoms with E-state index in [-0.39, 0.29) is 24.4 Å². The van der Waals surface area contributed by atoms with E-state index in [1.54, 1.807) is 18.2 Å². The van der Waals surface area contributed by atoms with Gasteiger partial charge in [0, 0.05) is 29.9 Å². The number of hydrogen-bond acceptors (Lipinski definition) is 4. The van der Waals surface area contributed by atoms with Crippen molar-refractivity contribution in [3.8, 4) is 5.75 Å². The lowest BCUT2D eigenvalue weighted by Gasteiger charge is -2.54. The first kappa shape index (κ1) is 20.8. The monoisotopic (exact) mass is 354 g/mol. The lowest BCUT2D eigenvalue weighted by atomic mass is 9.61. The first-order valence-corrected chi connectivity index (χ1v) is 8.67. The number of esters is 1. The lowest BCUT2D eigenvalue weighted by molar-refractivity contribution is -0.164. The van der Waals surface area contributed by atoms with E-state index in [1.165, 1.54) is 0 Å². The standard InChI is InChI=1S/C19H30N2O2.ClH/c1-6-19(11-10-17(19)21(13(2)3)14(4)5)18(22)23-16-9-7-8-15(20)12-16;/h7-9,12-14,17H,6,10-11,20H2,1-5H3;1H. The van der Waals surface area contributed by atoms with Crippen LogP contribution in [0.25, 0.3) is 0 Å². The average molecular weight is 355 g/mol. The summed E-state index contributed by atoms with van der Waals surface area (Å²) in [5.74, 6) is 0.419. The second-order valence-corrected chi connectivity index (χ2v) is 7.16. The van der Waals surface area contributed by atoms with E-state index in [0.29, 0.717) is 23.5 Å². The Bertz CT molecular complexity index is 550. The Hall–Kier alpha value is -1.26. The molecule has 1 aliphatic carbocycles. The van der Waals surface area contributed by atoms with Crippen LogP contribution in [0.4, 0.5) is 5.69 Å². The number of carbonyl (C=O) groups is 1. The van der Waals surface area contributed by atoms with Gasteiger partial charge in [-0.25, -0.2) is 0 Å². The van der Waals surface area contributed by atoms with Crippen LogP contribution in [0.5, 0.6) is 5.75 Å². The van der Waals surface area contributed by atoms with Crippen LogP contribution < -0.4 is 10.5 Å². The van der Waals surface area contributed by atoms with Crippen LogP contribution in [0.1, 0.15) is 53.9 Å². The summed E-state index contributed by atoms with van der Waals surface area (Å²) < 4.78 is 5.69. The second-order valence-electron chi connectivity index (χ2n) is 7.16. The summed E-state index contributed by atoms with van der Waals surface area (Å²) in [5, 5.41) is 0. The third-order valence-electron chi connectivity index (χ3n) is 5.16. The van der Waals surface area contributed by atoms with Crippen LogP contribution in [0, 0.1) is 5.41 Å². The first-order valence-electron chi connectivity index (χ1n) is 8.67. The number of nitrogens with zero attached hydrogens (tertiary/aromatic N) is 1. The highest BCUT2D eigenvalue weighted by Crippen LogP contribution is 2.49. The highest BCUT2D eigenvalue weighted by Gasteiger charge is 2.55. The van der Waals surface area contributed by atoms with Crippen molar-refractivity contribution in [2.75, 3.05) is 5.73 Å². The van der Waals surface area contributed by atoms with E-state index in [9.17, 15) is 4.79 Å². The Morgan fingerprint density at radius 1 is 1.33 bits per heavy atom. The van der Waals surface area contributed by atoms with Gasteiger partial charge in [0.2, 0.25) is 0 Å². The molecule has 24 heavy (non-hydrogen) atoms. The Morgan fingerprint density at radius 3 is 2.38 bits per heavy atom. The largest absolute Gasteiger partial charge is 0.426 e. The zero-order chi connectivity index (χ0) is 17.2. The van der Waals surface area contributed by atoms with Gasteiger partial charge in [-0.05, 0) is 59.1 Å². The van der Waals surface area contributed by atoms with E-state index >= 15 is 0 Å². The molecule has 1 aromatic carbocycles. The molecule has 0 aliphatic heterocycles. The third kappa shape index (κ3) is 3.86. The molecule has 1 saturated carbocycles. The number of nitrogens with two attached hydrogens (primary N) is 1. The second kappa shape index (κ2) is 8.21. The fraction of sp³-hybridized carbons (Fsp3) is 0.632. The van der Waals surface area contributed by atoms with Crippen LogP contribution in [-0.4, -0.2) is 29.0 Å². The molecular weight excluding hydrogens is 324 g/mol. The maximum Gasteiger partial charge on any atom is 0.319 e. The summed E-state index contributed by atoms with van der Waals surface area (Å²) in [6, 6.07) is 8.16. The van der Waals surface area contributed by atoms with Crippen molar-refractivity contribution in [1.82, 2.24) is 4.90 Å². The van der Waals surface area contributed by atoms with Crippen LogP contribution in [-0.2, 0) is 4.79 Å². The fourth-order valence-corrected chi connectivity index (χ4v) is 3.95. The van der Waals surface area contributed by atoms with Crippen molar-refractivity contribution < 1.29 is 9.53 Å². The molecule has 5 heteroatoms. The summed E-state index contributed by atoms with van der Waals surface area (Å²) in [7, 11) is 0. The lowest BCUT2D eigenvalue weighted by Crippen LogP contribution is -2.63. The van der Waals surface area contributed by atoms with Crippen LogP contribution in [0.2, 0.25) is 0 Å². The molecule has 0 amide bonds. The molecule has 4 nitrogen and oxygen atoms in total. The topological polar surface area (TPSA) is 55.6 Å². The Kier molecular flexibility index (Phi) is 7.11. The van der Waals surface area contributed by atoms with E-state index < -0.39 is 5.41 Å². The van der Waals surface area contributed by atoms with Crippen molar-refractivity contribution in [3.63, 3.8) is 0 Å². The normalized spacial score (nSPS) is 23.1. The number of anilines is 1. The van der Waals surface area contributed by atoms with Gasteiger partial charge in [-0.2, -0.15) is 0 Å². The van der Waals surface area contributed by atoms with E-state index in [0.717, 1.165) is 19.3 Å². The molecule has 2 atom stereocenters. The number of benzene rings is 1. The number of rotatable bonds is 6. The van der Waals surface area contributed by atoms with Gasteiger partial charge in [0.1, 0.15) is 5.75 Å². The Balaban J connectivity index is 0.00000288. The number of ether oxygens (including phenoxy) is 1. The molecule has 0 heterocycles. The fourth-order valence-electron chi connectivity index (χ4n) is 3.95. The summed E-state index contributed by atoms with van der Waals surface area (Å²) >= 11 is 0. The maximum atomic E-state index is 12.9. The quantitative estimate of drug-likeness (QED) is 0.470. The molecular formula is C19H31ClN2O2. The Labute approximate surface area is 152 Å². The van der Waals surface area contributed by atoms with Gasteiger partial charge in [0.15, 0.2) is 0 Å². The zero-order valence-corrected chi connectivity index (χ0v) is 16.2. The number of hydrogen-bond donors (Lipinski definition) is 1. The van der Waals surface area contributed by atoms with Gasteiger partial charge in [-0.1, -0.05) is 13.0 Å². The molecule has 0 aromatic heterocycles. The predicted octanol–water partition coefficient (Wildman–Crippen LogP) is 4.27. The zero-order valence-electron chi connectivity index (χ0n) is 15.4. The van der Waals surface area contributed by atoms with Crippen molar-refractivity contribution in [3.05, 3.63) is 24.3 Å². The molecule has 1 fully saturated rings. The molecule has 0 radical (unpaired) electrons. The summed E-state index contributed by atoms with van der Waals surface area (Å²) in [4.78, 5) is 15.4. The minimum absolute atomic E-state index is 0. The van der Waals surface area contributed by atoms with Crippen molar-refractivity contribution in [2.45, 2.75) is 72.0 Å². The molecule has 2 rings (SSSR count). The molecule has 1 aromatic rings. The van der Waals surface area contributed by atoms with Gasteiger partial charge in [0.25, 0.3) is 0 Å². The van der Waals surface area contributed by atoms with Crippen LogP contribution in [0.15, 0.2) is 24.3 Å². The highest BCUT2D eigenvalue weighted by molar-refractivity contribution is 5.85. The summed E-state index contributed by atoms with van der Waals surface area (Å²) in [6.07, 6.45) is 2.75. The Morgan fingerprint density at radius 2 is 1.96 bits per heavy atom. The summed E-state index contributed by atoms with van der Waals surface area (Å²) in [5.41, 5.74) is 5.98. The third-order valence-corrected chi connectivity index (χ3v) is 5.16. The predicted molar refractivity (Wildman–Crippen MR) is 102 cm³/mol. The van der Waals surface area contributed by atoms with Crippen molar-refractivity contribution in [1.29, 1.82) is 0 Å². The van der Waals surface area contributed by atoms with E-state index in [1.807, 2.05) is 6.07 Å². The average Bonchev–Trinajstić information content (AvgIpc) is 2.43. The van der Waals surface area contributed by atoms with Crippen molar-refractivity contribution in [2.24, 2.45) is 5.41 Å². The van der Waals surface area contributed by atoms with Crippen LogP contribution in [0.3, 0.4) is 0 Å². The molecule has 0 bridgehead atoms. The van der Waals surface area contributed by atoms with Crippen LogP contribution >= 0.6 is 12.4 Å². The minimum atomic E-state index is -0.404. The minimum Gasteiger partial charge on any atom is -0.426 e. The summed E-state index contributed by atoms with van der Waals surface area (Å²) in [6.45, 7) is 10.9. The van der Waals surface area contributed by atoms with Gasteiger partial charge in [0.05, 0.1) is 5.41 Å². The first-order chi connectivity index (χ1) is 10.8. The molecule has 2 N–H and O–H groups in total. The van der Waals surface area contributed by atoms with E-state index in [2.05, 4.69) is 39.5 Å². The number of carbonyl (C=O) groups excluding carboxylic acids is 1. The molecule has 1 aliphatic rings. The molecule has 136 valence electrons. The maximum absolute atomic E-state index is 12.9. The van der Waals surface area contributed by atoms with Gasteiger partial charge in [-0.15, -0.1) is 12.4 Å². The van der Waals surface area contributed by atoms with Gasteiger partial charge >= 0.3 is 5.97 Å². The molecule has 0 saturated heterocycles. The number of nitrogen functional groups attached to an aromatic ring is 1. The van der Waals surface area contributed by atoms with E-state index in [4.69, 9.17) is 10.5 Å². The van der Waals surface area contributed by atoms with Gasteiger partial charge in [-0.3, -0.25) is 9.69 Å². The van der Waals surface area contributed by atoms with Crippen molar-refractivity contribution >= 4 is 24.1 Å². The molecule has 2 unspecified atom stereocenters. The SMILES string of the molecule is CCC1(C(=O)Oc2cccc(N)c2)CCC1N(C(C)C)C(C)C.Cl. The smallest absolute Gasteiger partial charge is 0.319 e. The molecule has 0 spiro atoms.